The highest BCUT2D eigenvalue weighted by Crippen LogP contribution is 2.05. The van der Waals surface area contributed by atoms with E-state index in [4.69, 9.17) is 9.47 Å². The summed E-state index contributed by atoms with van der Waals surface area (Å²) in [6.45, 7) is 10.7. The minimum Gasteiger partial charge on any atom is -0.376 e. The molecule has 0 saturated carbocycles. The van der Waals surface area contributed by atoms with E-state index in [0.29, 0.717) is 0 Å². The first-order valence-corrected chi connectivity index (χ1v) is 7.35. The van der Waals surface area contributed by atoms with Gasteiger partial charge in [0.1, 0.15) is 13.1 Å². The number of hydrogen-bond acceptors (Lipinski definition) is 2. The fraction of sp³-hybridized carbons (Fsp3) is 1.00. The molecule has 0 heterocycles. The van der Waals surface area contributed by atoms with Crippen LogP contribution in [0.3, 0.4) is 0 Å². The SMILES string of the molecule is CCOCC[N+](C)(CCCBr)CCOCC. The van der Waals surface area contributed by atoms with Crippen molar-refractivity contribution in [3.8, 4) is 0 Å². The molecular weight excluding hydrogens is 270 g/mol. The number of ether oxygens (including phenoxy) is 2. The minimum atomic E-state index is 0.809. The summed E-state index contributed by atoms with van der Waals surface area (Å²) in [5.74, 6) is 0. The van der Waals surface area contributed by atoms with Crippen molar-refractivity contribution in [3.05, 3.63) is 0 Å². The number of rotatable bonds is 11. The smallest absolute Gasteiger partial charge is 0.102 e. The lowest BCUT2D eigenvalue weighted by atomic mass is 10.3. The first-order valence-electron chi connectivity index (χ1n) is 6.23. The molecule has 0 aromatic heterocycles. The van der Waals surface area contributed by atoms with Crippen LogP contribution in [0, 0.1) is 0 Å². The van der Waals surface area contributed by atoms with E-state index < -0.39 is 0 Å². The first kappa shape index (κ1) is 16.4. The highest BCUT2D eigenvalue weighted by molar-refractivity contribution is 9.09. The Balaban J connectivity index is 3.91. The maximum absolute atomic E-state index is 5.45. The van der Waals surface area contributed by atoms with E-state index in [1.165, 1.54) is 13.0 Å². The van der Waals surface area contributed by atoms with Gasteiger partial charge in [-0.1, -0.05) is 15.9 Å². The van der Waals surface area contributed by atoms with Crippen LogP contribution in [0.15, 0.2) is 0 Å². The molecule has 0 aliphatic heterocycles. The number of halogens is 1. The maximum atomic E-state index is 5.45. The Morgan fingerprint density at radius 3 is 1.81 bits per heavy atom. The molecule has 0 aliphatic rings. The molecule has 0 radical (unpaired) electrons. The molecule has 0 N–H and O–H groups in total. The van der Waals surface area contributed by atoms with Gasteiger partial charge in [0.25, 0.3) is 0 Å². The van der Waals surface area contributed by atoms with E-state index in [2.05, 4.69) is 23.0 Å². The van der Waals surface area contributed by atoms with Crippen molar-refractivity contribution < 1.29 is 14.0 Å². The van der Waals surface area contributed by atoms with Gasteiger partial charge in [-0.25, -0.2) is 0 Å². The van der Waals surface area contributed by atoms with Crippen molar-refractivity contribution in [3.63, 3.8) is 0 Å². The van der Waals surface area contributed by atoms with Crippen LogP contribution in [0.1, 0.15) is 20.3 Å². The standard InChI is InChI=1S/C12H27BrNO2/c1-4-15-11-9-14(3,8-6-7-13)10-12-16-5-2/h4-12H2,1-3H3/q+1. The lowest BCUT2D eigenvalue weighted by molar-refractivity contribution is -0.910. The van der Waals surface area contributed by atoms with Crippen LogP contribution in [-0.4, -0.2) is 62.9 Å². The lowest BCUT2D eigenvalue weighted by Crippen LogP contribution is -2.49. The molecule has 0 unspecified atom stereocenters. The summed E-state index contributed by atoms with van der Waals surface area (Å²) in [6.07, 6.45) is 1.20. The average molecular weight is 297 g/mol. The van der Waals surface area contributed by atoms with Crippen molar-refractivity contribution in [1.82, 2.24) is 0 Å². The van der Waals surface area contributed by atoms with E-state index in [1.807, 2.05) is 13.8 Å². The molecular formula is C12H27BrNO2+. The van der Waals surface area contributed by atoms with Crippen LogP contribution >= 0.6 is 15.9 Å². The van der Waals surface area contributed by atoms with Gasteiger partial charge in [-0.15, -0.1) is 0 Å². The van der Waals surface area contributed by atoms with Gasteiger partial charge in [-0.3, -0.25) is 0 Å². The minimum absolute atomic E-state index is 0.809. The third-order valence-electron chi connectivity index (χ3n) is 2.79. The van der Waals surface area contributed by atoms with Crippen LogP contribution < -0.4 is 0 Å². The van der Waals surface area contributed by atoms with Crippen LogP contribution in [0.25, 0.3) is 0 Å². The van der Waals surface area contributed by atoms with Crippen LogP contribution in [0.2, 0.25) is 0 Å². The molecule has 0 saturated heterocycles. The number of nitrogens with zero attached hydrogens (tertiary/aromatic N) is 1. The number of hydrogen-bond donors (Lipinski definition) is 0. The van der Waals surface area contributed by atoms with Crippen LogP contribution in [0.5, 0.6) is 0 Å². The van der Waals surface area contributed by atoms with Crippen molar-refractivity contribution in [1.29, 1.82) is 0 Å². The molecule has 0 atom stereocenters. The van der Waals surface area contributed by atoms with E-state index in [0.717, 1.165) is 49.3 Å². The Morgan fingerprint density at radius 1 is 0.938 bits per heavy atom. The molecule has 4 heteroatoms. The van der Waals surface area contributed by atoms with Crippen molar-refractivity contribution in [2.75, 3.05) is 58.4 Å². The molecule has 0 aliphatic carbocycles. The van der Waals surface area contributed by atoms with Gasteiger partial charge >= 0.3 is 0 Å². The van der Waals surface area contributed by atoms with E-state index in [1.54, 1.807) is 0 Å². The van der Waals surface area contributed by atoms with Gasteiger partial charge in [0.2, 0.25) is 0 Å². The molecule has 0 fully saturated rings. The largest absolute Gasteiger partial charge is 0.376 e. The third-order valence-corrected chi connectivity index (χ3v) is 3.35. The van der Waals surface area contributed by atoms with Crippen molar-refractivity contribution in [2.45, 2.75) is 20.3 Å². The Kier molecular flexibility index (Phi) is 10.7. The molecule has 0 amide bonds. The summed E-state index contributed by atoms with van der Waals surface area (Å²) in [4.78, 5) is 0. The van der Waals surface area contributed by atoms with E-state index in [-0.39, 0.29) is 0 Å². The van der Waals surface area contributed by atoms with Gasteiger partial charge < -0.3 is 14.0 Å². The van der Waals surface area contributed by atoms with Crippen molar-refractivity contribution >= 4 is 15.9 Å². The van der Waals surface area contributed by atoms with Gasteiger partial charge in [0.05, 0.1) is 26.8 Å². The average Bonchev–Trinajstić information content (AvgIpc) is 2.27. The Labute approximate surface area is 109 Å². The molecule has 0 rings (SSSR count). The molecule has 3 nitrogen and oxygen atoms in total. The third kappa shape index (κ3) is 8.50. The van der Waals surface area contributed by atoms with Gasteiger partial charge in [-0.2, -0.15) is 0 Å². The second-order valence-corrected chi connectivity index (χ2v) is 5.02. The number of quaternary nitrogens is 1. The zero-order valence-electron chi connectivity index (χ0n) is 11.0. The number of likely N-dealkylation sites (N-methyl/N-ethyl adjacent to an activating group) is 1. The summed E-state index contributed by atoms with van der Waals surface area (Å²) in [6, 6.07) is 0. The summed E-state index contributed by atoms with van der Waals surface area (Å²) in [7, 11) is 2.29. The molecule has 98 valence electrons. The highest BCUT2D eigenvalue weighted by Gasteiger charge is 2.20. The second-order valence-electron chi connectivity index (χ2n) is 4.23. The predicted molar refractivity (Wildman–Crippen MR) is 72.2 cm³/mol. The first-order chi connectivity index (χ1) is 7.68. The fourth-order valence-corrected chi connectivity index (χ4v) is 1.89. The molecule has 16 heavy (non-hydrogen) atoms. The highest BCUT2D eigenvalue weighted by atomic mass is 79.9. The molecule has 0 spiro atoms. The zero-order valence-corrected chi connectivity index (χ0v) is 12.6. The topological polar surface area (TPSA) is 18.5 Å². The van der Waals surface area contributed by atoms with Gasteiger partial charge in [0.15, 0.2) is 0 Å². The maximum Gasteiger partial charge on any atom is 0.102 e. The summed E-state index contributed by atoms with van der Waals surface area (Å²) in [5, 5.41) is 1.07. The van der Waals surface area contributed by atoms with Crippen LogP contribution in [-0.2, 0) is 9.47 Å². The molecule has 0 aromatic carbocycles. The van der Waals surface area contributed by atoms with Gasteiger partial charge in [-0.05, 0) is 13.8 Å². The number of alkyl halides is 1. The summed E-state index contributed by atoms with van der Waals surface area (Å²) >= 11 is 3.49. The monoisotopic (exact) mass is 296 g/mol. The lowest BCUT2D eigenvalue weighted by Gasteiger charge is -2.34. The Bertz CT molecular complexity index is 146. The summed E-state index contributed by atoms with van der Waals surface area (Å²) < 4.78 is 11.9. The molecule has 0 aromatic rings. The normalized spacial score (nSPS) is 12.0. The quantitative estimate of drug-likeness (QED) is 0.331. The fourth-order valence-electron chi connectivity index (χ4n) is 1.64. The van der Waals surface area contributed by atoms with Crippen LogP contribution in [0.4, 0.5) is 0 Å². The van der Waals surface area contributed by atoms with Gasteiger partial charge in [0, 0.05) is 25.0 Å². The van der Waals surface area contributed by atoms with E-state index >= 15 is 0 Å². The molecule has 0 bridgehead atoms. The second kappa shape index (κ2) is 10.5. The Morgan fingerprint density at radius 2 is 1.44 bits per heavy atom. The Hall–Kier alpha value is 0.360. The van der Waals surface area contributed by atoms with E-state index in [9.17, 15) is 0 Å². The predicted octanol–water partition coefficient (Wildman–Crippen LogP) is 2.29. The zero-order chi connectivity index (χ0) is 12.3. The summed E-state index contributed by atoms with van der Waals surface area (Å²) in [5.41, 5.74) is 0. The van der Waals surface area contributed by atoms with Crippen molar-refractivity contribution in [2.24, 2.45) is 0 Å².